The lowest BCUT2D eigenvalue weighted by molar-refractivity contribution is 0.791. The van der Waals surface area contributed by atoms with Crippen molar-refractivity contribution >= 4 is 5.57 Å². The van der Waals surface area contributed by atoms with Crippen LogP contribution in [0, 0.1) is 12.8 Å². The Morgan fingerprint density at radius 1 is 0.732 bits per heavy atom. The molecular formula is C41H40. The molecule has 0 heteroatoms. The van der Waals surface area contributed by atoms with Crippen molar-refractivity contribution in [2.45, 2.75) is 65.2 Å². The lowest BCUT2D eigenvalue weighted by atomic mass is 9.82. The van der Waals surface area contributed by atoms with Gasteiger partial charge in [-0.2, -0.15) is 0 Å². The van der Waals surface area contributed by atoms with E-state index in [4.69, 9.17) is 0 Å². The van der Waals surface area contributed by atoms with Gasteiger partial charge in [-0.25, -0.2) is 0 Å². The third-order valence-corrected chi connectivity index (χ3v) is 9.88. The molecule has 2 unspecified atom stereocenters. The zero-order valence-electron chi connectivity index (χ0n) is 24.7. The van der Waals surface area contributed by atoms with Gasteiger partial charge in [0, 0.05) is 11.8 Å². The number of hydrogen-bond donors (Lipinski definition) is 0. The second kappa shape index (κ2) is 10.8. The number of benzene rings is 3. The summed E-state index contributed by atoms with van der Waals surface area (Å²) in [6.45, 7) is 6.97. The van der Waals surface area contributed by atoms with Crippen LogP contribution in [0.15, 0.2) is 131 Å². The SMILES string of the molecule is CC1=CC=CCC1c1cccc(-c2ccc(Cc3ccc(C4=CCCC5=C4C(C)C4=CCCC=C45)cc3)cc2)c1C. The minimum Gasteiger partial charge on any atom is -0.0836 e. The first-order valence-corrected chi connectivity index (χ1v) is 15.5. The summed E-state index contributed by atoms with van der Waals surface area (Å²) in [7, 11) is 0. The average molecular weight is 533 g/mol. The van der Waals surface area contributed by atoms with Gasteiger partial charge in [0.2, 0.25) is 0 Å². The Labute approximate surface area is 246 Å². The van der Waals surface area contributed by atoms with Gasteiger partial charge in [-0.05, 0) is 119 Å². The Bertz CT molecular complexity index is 1680. The fourth-order valence-electron chi connectivity index (χ4n) is 7.67. The first kappa shape index (κ1) is 26.0. The van der Waals surface area contributed by atoms with Crippen LogP contribution in [0.4, 0.5) is 0 Å². The lowest BCUT2D eigenvalue weighted by Gasteiger charge is -2.23. The zero-order valence-corrected chi connectivity index (χ0v) is 24.7. The number of allylic oxidation sites excluding steroid dienone is 12. The third-order valence-electron chi connectivity index (χ3n) is 9.88. The third kappa shape index (κ3) is 4.74. The molecule has 0 aromatic heterocycles. The van der Waals surface area contributed by atoms with Crippen LogP contribution in [0.25, 0.3) is 16.7 Å². The van der Waals surface area contributed by atoms with Gasteiger partial charge >= 0.3 is 0 Å². The summed E-state index contributed by atoms with van der Waals surface area (Å²) in [6, 6.07) is 25.5. The number of rotatable bonds is 5. The Balaban J connectivity index is 1.08. The van der Waals surface area contributed by atoms with E-state index in [1.54, 1.807) is 22.3 Å². The molecule has 0 aliphatic heterocycles. The van der Waals surface area contributed by atoms with Crippen LogP contribution in [0.3, 0.4) is 0 Å². The molecule has 0 bridgehead atoms. The fraction of sp³-hybridized carbons (Fsp3) is 0.268. The van der Waals surface area contributed by atoms with Crippen LogP contribution in [0.2, 0.25) is 0 Å². The quantitative estimate of drug-likeness (QED) is 0.306. The maximum Gasteiger partial charge on any atom is 0.00859 e. The molecule has 0 amide bonds. The van der Waals surface area contributed by atoms with Crippen molar-refractivity contribution in [2.75, 3.05) is 0 Å². The first-order valence-electron chi connectivity index (χ1n) is 15.5. The standard InChI is InChI=1S/C41H40/c1-27-10-4-5-11-34(27)36-15-8-14-35(28(36)2)32-22-18-30(19-23-32)26-31-20-24-33(25-21-31)38-16-9-17-40-39-13-7-6-12-37(39)29(3)41(38)40/h4-5,8,10,12-16,18-25,29,34H,6-7,9,11,17,26H2,1-3H3. The normalized spacial score (nSPS) is 21.5. The van der Waals surface area contributed by atoms with Gasteiger partial charge in [0.05, 0.1) is 0 Å². The van der Waals surface area contributed by atoms with Crippen molar-refractivity contribution in [2.24, 2.45) is 5.92 Å². The van der Waals surface area contributed by atoms with Gasteiger partial charge in [0.25, 0.3) is 0 Å². The maximum absolute atomic E-state index is 2.50. The molecule has 0 nitrogen and oxygen atoms in total. The molecule has 0 N–H and O–H groups in total. The molecule has 41 heavy (non-hydrogen) atoms. The molecule has 0 saturated carbocycles. The van der Waals surface area contributed by atoms with E-state index in [1.807, 2.05) is 0 Å². The Morgan fingerprint density at radius 2 is 1.44 bits per heavy atom. The minimum atomic E-state index is 0.490. The van der Waals surface area contributed by atoms with Crippen LogP contribution < -0.4 is 0 Å². The van der Waals surface area contributed by atoms with Gasteiger partial charge in [0.15, 0.2) is 0 Å². The van der Waals surface area contributed by atoms with Gasteiger partial charge in [-0.1, -0.05) is 116 Å². The molecule has 4 aliphatic rings. The average Bonchev–Trinajstić information content (AvgIpc) is 3.31. The summed E-state index contributed by atoms with van der Waals surface area (Å²) >= 11 is 0. The number of fused-ring (bicyclic) bond motifs is 2. The highest BCUT2D eigenvalue weighted by molar-refractivity contribution is 5.87. The van der Waals surface area contributed by atoms with E-state index in [0.29, 0.717) is 11.8 Å². The summed E-state index contributed by atoms with van der Waals surface area (Å²) in [5.74, 6) is 1.01. The molecule has 0 radical (unpaired) electrons. The van der Waals surface area contributed by atoms with E-state index in [2.05, 4.69) is 124 Å². The predicted molar refractivity (Wildman–Crippen MR) is 175 cm³/mol. The van der Waals surface area contributed by atoms with Crippen molar-refractivity contribution in [1.82, 2.24) is 0 Å². The van der Waals surface area contributed by atoms with Gasteiger partial charge < -0.3 is 0 Å². The molecule has 3 aromatic carbocycles. The minimum absolute atomic E-state index is 0.490. The summed E-state index contributed by atoms with van der Waals surface area (Å²) in [5.41, 5.74) is 18.9. The molecule has 0 fully saturated rings. The van der Waals surface area contributed by atoms with E-state index in [0.717, 1.165) is 19.3 Å². The highest BCUT2D eigenvalue weighted by Crippen LogP contribution is 2.51. The van der Waals surface area contributed by atoms with Crippen molar-refractivity contribution < 1.29 is 0 Å². The highest BCUT2D eigenvalue weighted by atomic mass is 14.4. The summed E-state index contributed by atoms with van der Waals surface area (Å²) in [6.07, 6.45) is 21.0. The topological polar surface area (TPSA) is 0 Å². The summed E-state index contributed by atoms with van der Waals surface area (Å²) < 4.78 is 0. The van der Waals surface area contributed by atoms with E-state index in [1.165, 1.54) is 69.4 Å². The van der Waals surface area contributed by atoms with Crippen LogP contribution in [0.5, 0.6) is 0 Å². The molecule has 2 atom stereocenters. The van der Waals surface area contributed by atoms with Crippen molar-refractivity contribution in [3.63, 3.8) is 0 Å². The van der Waals surface area contributed by atoms with Crippen LogP contribution in [-0.4, -0.2) is 0 Å². The number of hydrogen-bond acceptors (Lipinski definition) is 0. The molecule has 7 rings (SSSR count). The van der Waals surface area contributed by atoms with E-state index < -0.39 is 0 Å². The molecular weight excluding hydrogens is 492 g/mol. The van der Waals surface area contributed by atoms with E-state index in [9.17, 15) is 0 Å². The van der Waals surface area contributed by atoms with Crippen molar-refractivity contribution in [3.05, 3.63) is 159 Å². The van der Waals surface area contributed by atoms with E-state index in [-0.39, 0.29) is 0 Å². The second-order valence-electron chi connectivity index (χ2n) is 12.3. The van der Waals surface area contributed by atoms with Crippen LogP contribution in [0.1, 0.15) is 79.7 Å². The lowest BCUT2D eigenvalue weighted by Crippen LogP contribution is -2.05. The second-order valence-corrected chi connectivity index (χ2v) is 12.3. The highest BCUT2D eigenvalue weighted by Gasteiger charge is 2.34. The molecule has 4 aliphatic carbocycles. The Morgan fingerprint density at radius 3 is 2.20 bits per heavy atom. The summed E-state index contributed by atoms with van der Waals surface area (Å²) in [4.78, 5) is 0. The smallest absolute Gasteiger partial charge is 0.00859 e. The molecule has 0 saturated heterocycles. The first-order chi connectivity index (χ1) is 20.1. The maximum atomic E-state index is 2.50. The van der Waals surface area contributed by atoms with Gasteiger partial charge in [0.1, 0.15) is 0 Å². The van der Waals surface area contributed by atoms with Crippen LogP contribution >= 0.6 is 0 Å². The van der Waals surface area contributed by atoms with Crippen molar-refractivity contribution in [3.8, 4) is 11.1 Å². The molecule has 204 valence electrons. The predicted octanol–water partition coefficient (Wildman–Crippen LogP) is 11.0. The molecule has 3 aromatic rings. The molecule has 0 spiro atoms. The zero-order chi connectivity index (χ0) is 27.9. The summed E-state index contributed by atoms with van der Waals surface area (Å²) in [5, 5.41) is 0. The van der Waals surface area contributed by atoms with Crippen LogP contribution in [-0.2, 0) is 6.42 Å². The molecule has 0 heterocycles. The monoisotopic (exact) mass is 532 g/mol. The largest absolute Gasteiger partial charge is 0.0836 e. The fourth-order valence-corrected chi connectivity index (χ4v) is 7.67. The van der Waals surface area contributed by atoms with Gasteiger partial charge in [-0.15, -0.1) is 0 Å². The van der Waals surface area contributed by atoms with E-state index >= 15 is 0 Å². The van der Waals surface area contributed by atoms with Crippen molar-refractivity contribution in [1.29, 1.82) is 0 Å². The Hall–Kier alpha value is -3.90. The van der Waals surface area contributed by atoms with Gasteiger partial charge in [-0.3, -0.25) is 0 Å². The Kier molecular flexibility index (Phi) is 6.87.